The summed E-state index contributed by atoms with van der Waals surface area (Å²) in [6.07, 6.45) is 1.61. The smallest absolute Gasteiger partial charge is 0.0999 e. The van der Waals surface area contributed by atoms with E-state index in [1.807, 2.05) is 12.1 Å². The molecular weight excluding hydrogens is 200 g/mol. The van der Waals surface area contributed by atoms with Gasteiger partial charge >= 0.3 is 0 Å². The summed E-state index contributed by atoms with van der Waals surface area (Å²) in [6.45, 7) is 6.52. The molecular formula is C12H8N4. The monoisotopic (exact) mass is 208 g/mol. The summed E-state index contributed by atoms with van der Waals surface area (Å²) < 4.78 is 0. The second-order valence-electron chi connectivity index (χ2n) is 2.86. The molecule has 1 aliphatic carbocycles. The molecule has 0 aromatic carbocycles. The maximum atomic E-state index is 8.23. The Labute approximate surface area is 94.3 Å². The highest BCUT2D eigenvalue weighted by Gasteiger charge is 2.15. The Morgan fingerprint density at radius 3 is 1.25 bits per heavy atom. The van der Waals surface area contributed by atoms with Gasteiger partial charge in [0.15, 0.2) is 0 Å². The molecule has 0 radical (unpaired) electrons. The first-order chi connectivity index (χ1) is 7.60. The average Bonchev–Trinajstić information content (AvgIpc) is 2.27. The minimum absolute atomic E-state index is 0.132. The van der Waals surface area contributed by atoms with Gasteiger partial charge in [-0.15, -0.1) is 0 Å². The molecule has 0 saturated heterocycles. The van der Waals surface area contributed by atoms with Crippen molar-refractivity contribution in [1.82, 2.24) is 0 Å². The molecule has 0 heterocycles. The Kier molecular flexibility index (Phi) is 5.44. The van der Waals surface area contributed by atoms with Crippen molar-refractivity contribution >= 4 is 0 Å². The number of nitriles is 4. The zero-order valence-electron chi connectivity index (χ0n) is 8.62. The molecule has 1 aliphatic rings. The molecule has 0 aliphatic heterocycles. The van der Waals surface area contributed by atoms with Crippen LogP contribution in [-0.4, -0.2) is 0 Å². The zero-order valence-corrected chi connectivity index (χ0v) is 8.62. The Morgan fingerprint density at radius 2 is 1.12 bits per heavy atom. The van der Waals surface area contributed by atoms with Gasteiger partial charge in [0.1, 0.15) is 0 Å². The lowest BCUT2D eigenvalue weighted by Crippen LogP contribution is -1.98. The molecule has 0 fully saturated rings. The van der Waals surface area contributed by atoms with Gasteiger partial charge in [-0.2, -0.15) is 21.0 Å². The van der Waals surface area contributed by atoms with Crippen LogP contribution in [0.15, 0.2) is 35.5 Å². The third kappa shape index (κ3) is 3.51. The molecule has 0 atom stereocenters. The summed E-state index contributed by atoms with van der Waals surface area (Å²) in [4.78, 5) is 0. The highest BCUT2D eigenvalue weighted by Crippen LogP contribution is 2.25. The molecule has 0 N–H and O–H groups in total. The number of hydrogen-bond donors (Lipinski definition) is 0. The third-order valence-corrected chi connectivity index (χ3v) is 1.89. The maximum absolute atomic E-state index is 8.23. The van der Waals surface area contributed by atoms with Crippen molar-refractivity contribution in [2.24, 2.45) is 0 Å². The van der Waals surface area contributed by atoms with E-state index in [0.29, 0.717) is 11.1 Å². The van der Waals surface area contributed by atoms with Crippen LogP contribution >= 0.6 is 0 Å². The van der Waals surface area contributed by atoms with Crippen molar-refractivity contribution in [2.75, 3.05) is 0 Å². The van der Waals surface area contributed by atoms with Gasteiger partial charge in [-0.25, -0.2) is 0 Å². The average molecular weight is 208 g/mol. The fourth-order valence-electron chi connectivity index (χ4n) is 0.757. The molecule has 1 rings (SSSR count). The van der Waals surface area contributed by atoms with Crippen LogP contribution in [0.1, 0.15) is 12.8 Å². The number of nitrogens with zero attached hydrogens (tertiary/aromatic N) is 4. The lowest BCUT2D eigenvalue weighted by atomic mass is 9.91. The Balaban J connectivity index is 0.000000281. The second-order valence-corrected chi connectivity index (χ2v) is 2.86. The summed E-state index contributed by atoms with van der Waals surface area (Å²) in [5, 5.41) is 32.6. The predicted octanol–water partition coefficient (Wildman–Crippen LogP) is 2.27. The molecule has 4 nitrogen and oxygen atoms in total. The first-order valence-corrected chi connectivity index (χ1v) is 4.31. The van der Waals surface area contributed by atoms with E-state index in [9.17, 15) is 0 Å². The van der Waals surface area contributed by atoms with Gasteiger partial charge in [0.05, 0.1) is 35.4 Å². The minimum Gasteiger partial charge on any atom is -0.193 e. The quantitative estimate of drug-likeness (QED) is 0.487. The Morgan fingerprint density at radius 1 is 0.812 bits per heavy atom. The topological polar surface area (TPSA) is 95.2 Å². The fourth-order valence-corrected chi connectivity index (χ4v) is 0.757. The first-order valence-electron chi connectivity index (χ1n) is 4.31. The largest absolute Gasteiger partial charge is 0.193 e. The van der Waals surface area contributed by atoms with E-state index in [2.05, 4.69) is 13.2 Å². The molecule has 0 aromatic heterocycles. The third-order valence-electron chi connectivity index (χ3n) is 1.89. The van der Waals surface area contributed by atoms with E-state index in [4.69, 9.17) is 21.0 Å². The lowest BCUT2D eigenvalue weighted by molar-refractivity contribution is 0.864. The Bertz CT molecular complexity index is 461. The van der Waals surface area contributed by atoms with E-state index in [1.54, 1.807) is 12.1 Å². The zero-order chi connectivity index (χ0) is 12.6. The number of allylic oxidation sites excluding steroid dienone is 4. The molecule has 0 aromatic rings. The highest BCUT2D eigenvalue weighted by atomic mass is 14.3. The molecule has 0 bridgehead atoms. The molecule has 4 heteroatoms. The Hall–Kier alpha value is -2.82. The summed E-state index contributed by atoms with van der Waals surface area (Å²) in [6, 6.07) is 7.32. The molecule has 0 spiro atoms. The van der Waals surface area contributed by atoms with Crippen LogP contribution < -0.4 is 0 Å². The summed E-state index contributed by atoms with van der Waals surface area (Å²) >= 11 is 0. The van der Waals surface area contributed by atoms with Gasteiger partial charge < -0.3 is 0 Å². The maximum Gasteiger partial charge on any atom is 0.0999 e. The minimum atomic E-state index is 0.132. The van der Waals surface area contributed by atoms with Gasteiger partial charge in [-0.05, 0) is 12.8 Å². The van der Waals surface area contributed by atoms with Crippen LogP contribution in [0.25, 0.3) is 0 Å². The van der Waals surface area contributed by atoms with Crippen LogP contribution in [0.2, 0.25) is 0 Å². The lowest BCUT2D eigenvalue weighted by Gasteiger charge is -2.09. The summed E-state index contributed by atoms with van der Waals surface area (Å²) in [5.74, 6) is 0. The normalized spacial score (nSPS) is 11.2. The first kappa shape index (κ1) is 13.2. The molecule has 0 amide bonds. The van der Waals surface area contributed by atoms with Crippen molar-refractivity contribution in [3.63, 3.8) is 0 Å². The fraction of sp³-hybridized carbons (Fsp3) is 0.167. The van der Waals surface area contributed by atoms with Gasteiger partial charge in [0, 0.05) is 11.1 Å². The van der Waals surface area contributed by atoms with Crippen molar-refractivity contribution in [3.05, 3.63) is 35.5 Å². The molecule has 0 unspecified atom stereocenters. The van der Waals surface area contributed by atoms with Crippen LogP contribution in [0, 0.1) is 45.3 Å². The van der Waals surface area contributed by atoms with Gasteiger partial charge in [-0.1, -0.05) is 13.2 Å². The van der Waals surface area contributed by atoms with Crippen molar-refractivity contribution in [1.29, 1.82) is 21.0 Å². The van der Waals surface area contributed by atoms with Crippen LogP contribution in [0.3, 0.4) is 0 Å². The standard InChI is InChI=1S/2C6H4N2/c7-3-5-1-2-6(5)4-8;1-5(3-7)6(2)4-8/h2*1-2H2. The number of hydrogen-bond acceptors (Lipinski definition) is 4. The van der Waals surface area contributed by atoms with Crippen molar-refractivity contribution in [2.45, 2.75) is 12.8 Å². The van der Waals surface area contributed by atoms with Crippen LogP contribution in [-0.2, 0) is 0 Å². The molecule has 16 heavy (non-hydrogen) atoms. The van der Waals surface area contributed by atoms with Gasteiger partial charge in [0.25, 0.3) is 0 Å². The van der Waals surface area contributed by atoms with E-state index in [-0.39, 0.29) is 11.1 Å². The summed E-state index contributed by atoms with van der Waals surface area (Å²) in [7, 11) is 0. The van der Waals surface area contributed by atoms with Crippen molar-refractivity contribution < 1.29 is 0 Å². The van der Waals surface area contributed by atoms with E-state index >= 15 is 0 Å². The predicted molar refractivity (Wildman–Crippen MR) is 57.0 cm³/mol. The second kappa shape index (κ2) is 6.61. The van der Waals surface area contributed by atoms with Crippen LogP contribution in [0.5, 0.6) is 0 Å². The van der Waals surface area contributed by atoms with E-state index in [1.165, 1.54) is 0 Å². The van der Waals surface area contributed by atoms with Gasteiger partial charge in [0.2, 0.25) is 0 Å². The van der Waals surface area contributed by atoms with Gasteiger partial charge in [-0.3, -0.25) is 0 Å². The molecule has 76 valence electrons. The number of rotatable bonds is 1. The molecule has 0 saturated carbocycles. The SMILES string of the molecule is C=C(C#N)C(=C)C#N.N#CC1=C(C#N)CC1. The van der Waals surface area contributed by atoms with E-state index in [0.717, 1.165) is 12.8 Å². The van der Waals surface area contributed by atoms with Crippen molar-refractivity contribution in [3.8, 4) is 24.3 Å². The van der Waals surface area contributed by atoms with Crippen LogP contribution in [0.4, 0.5) is 0 Å². The van der Waals surface area contributed by atoms with E-state index < -0.39 is 0 Å². The summed E-state index contributed by atoms with van der Waals surface area (Å²) in [5.41, 5.74) is 1.61. The highest BCUT2D eigenvalue weighted by molar-refractivity contribution is 5.45.